The smallest absolute Gasteiger partial charge is 0.277 e. The molecular weight excluding hydrogens is 290 g/mol. The number of rotatable bonds is 2. The molecular formula is C17H17N5O. The molecule has 1 aromatic carbocycles. The Kier molecular flexibility index (Phi) is 3.11. The van der Waals surface area contributed by atoms with Gasteiger partial charge in [-0.2, -0.15) is 4.98 Å². The standard InChI is InChI=1S/C17H17N5O/c1-9-6-7-14-12(8-9)10(2)18-16(20-14)22-17-19-13-5-3-4-11(13)15(23)21-17/h6-8H,3-5H2,1-2H3,(H2,18,19,20,21,22,23). The van der Waals surface area contributed by atoms with Crippen molar-refractivity contribution in [3.8, 4) is 0 Å². The maximum atomic E-state index is 12.0. The first-order valence-electron chi connectivity index (χ1n) is 7.74. The molecule has 1 aliphatic carbocycles. The minimum absolute atomic E-state index is 0.160. The first kappa shape index (κ1) is 13.9. The third kappa shape index (κ3) is 2.46. The summed E-state index contributed by atoms with van der Waals surface area (Å²) < 4.78 is 0. The van der Waals surface area contributed by atoms with Gasteiger partial charge in [0.15, 0.2) is 0 Å². The van der Waals surface area contributed by atoms with Crippen LogP contribution in [0.5, 0.6) is 0 Å². The molecule has 2 aromatic heterocycles. The van der Waals surface area contributed by atoms with Crippen molar-refractivity contribution in [2.24, 2.45) is 0 Å². The van der Waals surface area contributed by atoms with E-state index in [0.717, 1.165) is 47.1 Å². The summed E-state index contributed by atoms with van der Waals surface area (Å²) in [6.07, 6.45) is 2.69. The summed E-state index contributed by atoms with van der Waals surface area (Å²) in [6.45, 7) is 4.00. The summed E-state index contributed by atoms with van der Waals surface area (Å²) in [4.78, 5) is 28.3. The molecule has 0 saturated heterocycles. The van der Waals surface area contributed by atoms with Gasteiger partial charge in [0, 0.05) is 16.6 Å². The monoisotopic (exact) mass is 307 g/mol. The van der Waals surface area contributed by atoms with Crippen LogP contribution in [0, 0.1) is 13.8 Å². The van der Waals surface area contributed by atoms with Crippen LogP contribution in [0.15, 0.2) is 23.0 Å². The highest BCUT2D eigenvalue weighted by atomic mass is 16.1. The second-order valence-electron chi connectivity index (χ2n) is 5.98. The number of H-pyrrole nitrogens is 1. The number of anilines is 2. The predicted molar refractivity (Wildman–Crippen MR) is 89.2 cm³/mol. The van der Waals surface area contributed by atoms with Crippen molar-refractivity contribution in [3.63, 3.8) is 0 Å². The molecule has 116 valence electrons. The zero-order chi connectivity index (χ0) is 16.0. The van der Waals surface area contributed by atoms with Crippen molar-refractivity contribution in [1.82, 2.24) is 19.9 Å². The molecule has 3 aromatic rings. The van der Waals surface area contributed by atoms with Crippen molar-refractivity contribution in [2.75, 3.05) is 5.32 Å². The van der Waals surface area contributed by atoms with E-state index in [9.17, 15) is 4.79 Å². The highest BCUT2D eigenvalue weighted by molar-refractivity contribution is 5.82. The first-order chi connectivity index (χ1) is 11.1. The molecule has 0 aliphatic heterocycles. The largest absolute Gasteiger partial charge is 0.329 e. The molecule has 2 N–H and O–H groups in total. The molecule has 0 spiro atoms. The first-order valence-corrected chi connectivity index (χ1v) is 7.74. The van der Waals surface area contributed by atoms with Gasteiger partial charge in [0.2, 0.25) is 11.9 Å². The van der Waals surface area contributed by atoms with Crippen LogP contribution >= 0.6 is 0 Å². The number of aryl methyl sites for hydroxylation is 3. The highest BCUT2D eigenvalue weighted by Crippen LogP contribution is 2.21. The third-order valence-electron chi connectivity index (χ3n) is 4.23. The highest BCUT2D eigenvalue weighted by Gasteiger charge is 2.17. The van der Waals surface area contributed by atoms with Gasteiger partial charge in [-0.1, -0.05) is 11.6 Å². The lowest BCUT2D eigenvalue weighted by Gasteiger charge is -2.09. The number of hydrogen-bond acceptors (Lipinski definition) is 5. The van der Waals surface area contributed by atoms with Gasteiger partial charge in [0.25, 0.3) is 5.56 Å². The summed E-state index contributed by atoms with van der Waals surface area (Å²) in [7, 11) is 0. The number of hydrogen-bond donors (Lipinski definition) is 2. The quantitative estimate of drug-likeness (QED) is 0.760. The molecule has 23 heavy (non-hydrogen) atoms. The van der Waals surface area contributed by atoms with Crippen molar-refractivity contribution in [1.29, 1.82) is 0 Å². The van der Waals surface area contributed by atoms with E-state index in [1.165, 1.54) is 5.56 Å². The number of aromatic nitrogens is 4. The van der Waals surface area contributed by atoms with E-state index in [1.54, 1.807) is 0 Å². The lowest BCUT2D eigenvalue weighted by atomic mass is 10.1. The van der Waals surface area contributed by atoms with Gasteiger partial charge in [-0.3, -0.25) is 10.1 Å². The van der Waals surface area contributed by atoms with Crippen LogP contribution in [-0.4, -0.2) is 19.9 Å². The number of benzene rings is 1. The van der Waals surface area contributed by atoms with Crippen LogP contribution in [0.4, 0.5) is 11.9 Å². The Bertz CT molecular complexity index is 977. The molecule has 6 heteroatoms. The van der Waals surface area contributed by atoms with E-state index in [2.05, 4.69) is 31.3 Å². The van der Waals surface area contributed by atoms with E-state index in [-0.39, 0.29) is 5.56 Å². The van der Waals surface area contributed by atoms with E-state index >= 15 is 0 Å². The maximum Gasteiger partial charge on any atom is 0.277 e. The number of nitrogens with one attached hydrogen (secondary N) is 2. The Morgan fingerprint density at radius 2 is 2.00 bits per heavy atom. The summed E-state index contributed by atoms with van der Waals surface area (Å²) >= 11 is 0. The Labute approximate surface area is 133 Å². The van der Waals surface area contributed by atoms with Crippen molar-refractivity contribution >= 4 is 22.8 Å². The van der Waals surface area contributed by atoms with Gasteiger partial charge >= 0.3 is 0 Å². The van der Waals surface area contributed by atoms with E-state index in [4.69, 9.17) is 0 Å². The Morgan fingerprint density at radius 3 is 2.87 bits per heavy atom. The Morgan fingerprint density at radius 1 is 1.13 bits per heavy atom. The second kappa shape index (κ2) is 5.15. The van der Waals surface area contributed by atoms with Crippen LogP contribution in [0.2, 0.25) is 0 Å². The van der Waals surface area contributed by atoms with Gasteiger partial charge in [-0.05, 0) is 45.2 Å². The fourth-order valence-electron chi connectivity index (χ4n) is 3.07. The Balaban J connectivity index is 1.75. The van der Waals surface area contributed by atoms with Crippen molar-refractivity contribution in [3.05, 3.63) is 51.1 Å². The Hall–Kier alpha value is -2.76. The lowest BCUT2D eigenvalue weighted by Crippen LogP contribution is -2.16. The molecule has 0 saturated carbocycles. The summed E-state index contributed by atoms with van der Waals surface area (Å²) in [5.74, 6) is 0.849. The molecule has 0 unspecified atom stereocenters. The minimum atomic E-state index is -0.160. The molecule has 4 rings (SSSR count). The van der Waals surface area contributed by atoms with Crippen molar-refractivity contribution < 1.29 is 0 Å². The lowest BCUT2D eigenvalue weighted by molar-refractivity contribution is 0.899. The SMILES string of the molecule is Cc1ccc2nc(Nc3nc(=O)c4c([nH]3)CCC4)nc(C)c2c1. The summed E-state index contributed by atoms with van der Waals surface area (Å²) in [5, 5.41) is 4.07. The third-order valence-corrected chi connectivity index (χ3v) is 4.23. The average molecular weight is 307 g/mol. The molecule has 0 amide bonds. The molecule has 0 atom stereocenters. The zero-order valence-electron chi connectivity index (χ0n) is 13.1. The number of nitrogens with zero attached hydrogens (tertiary/aromatic N) is 3. The summed E-state index contributed by atoms with van der Waals surface area (Å²) in [5.41, 5.74) is 4.56. The molecule has 6 nitrogen and oxygen atoms in total. The topological polar surface area (TPSA) is 83.6 Å². The van der Waals surface area contributed by atoms with Crippen molar-refractivity contribution in [2.45, 2.75) is 33.1 Å². The van der Waals surface area contributed by atoms with E-state index in [1.807, 2.05) is 26.0 Å². The van der Waals surface area contributed by atoms with Gasteiger partial charge in [-0.25, -0.2) is 9.97 Å². The fourth-order valence-corrected chi connectivity index (χ4v) is 3.07. The molecule has 0 fully saturated rings. The molecule has 0 bridgehead atoms. The number of aromatic amines is 1. The van der Waals surface area contributed by atoms with Crippen LogP contribution < -0.4 is 10.9 Å². The maximum absolute atomic E-state index is 12.0. The average Bonchev–Trinajstić information content (AvgIpc) is 2.97. The van der Waals surface area contributed by atoms with Crippen LogP contribution in [-0.2, 0) is 12.8 Å². The molecule has 1 aliphatic rings. The van der Waals surface area contributed by atoms with Gasteiger partial charge < -0.3 is 4.98 Å². The predicted octanol–water partition coefficient (Wildman–Crippen LogP) is 2.56. The summed E-state index contributed by atoms with van der Waals surface area (Å²) in [6, 6.07) is 6.07. The van der Waals surface area contributed by atoms with E-state index in [0.29, 0.717) is 11.9 Å². The molecule has 0 radical (unpaired) electrons. The van der Waals surface area contributed by atoms with Gasteiger partial charge in [-0.15, -0.1) is 0 Å². The van der Waals surface area contributed by atoms with Gasteiger partial charge in [0.1, 0.15) is 0 Å². The number of fused-ring (bicyclic) bond motifs is 2. The normalized spacial score (nSPS) is 13.3. The van der Waals surface area contributed by atoms with Crippen LogP contribution in [0.25, 0.3) is 10.9 Å². The fraction of sp³-hybridized carbons (Fsp3) is 0.294. The molecule has 2 heterocycles. The van der Waals surface area contributed by atoms with E-state index < -0.39 is 0 Å². The van der Waals surface area contributed by atoms with Gasteiger partial charge in [0.05, 0.1) is 11.2 Å². The second-order valence-corrected chi connectivity index (χ2v) is 5.98. The minimum Gasteiger partial charge on any atom is -0.329 e. The van der Waals surface area contributed by atoms with Crippen LogP contribution in [0.1, 0.15) is 28.9 Å². The van der Waals surface area contributed by atoms with Crippen LogP contribution in [0.3, 0.4) is 0 Å². The zero-order valence-corrected chi connectivity index (χ0v) is 13.1.